The molecule has 1 N–H and O–H groups in total. The fraction of sp³-hybridized carbons (Fsp3) is 0. The van der Waals surface area contributed by atoms with Crippen LogP contribution < -0.4 is 0 Å². The zero-order valence-electron chi connectivity index (χ0n) is 11.5. The predicted octanol–water partition coefficient (Wildman–Crippen LogP) is 1.33. The molecule has 0 atom stereocenters. The quantitative estimate of drug-likeness (QED) is 0.716. The van der Waals surface area contributed by atoms with E-state index >= 15 is 0 Å². The van der Waals surface area contributed by atoms with Crippen molar-refractivity contribution in [3.05, 3.63) is 59.4 Å². The summed E-state index contributed by atoms with van der Waals surface area (Å²) in [6.45, 7) is 0. The SMILES string of the molecule is O=C(ON1C(=O)c2ccccc2C1=O)c1ccnc2[nH]ncc12. The maximum absolute atomic E-state index is 12.3. The van der Waals surface area contributed by atoms with E-state index in [0.717, 1.165) is 0 Å². The number of H-pyrrole nitrogens is 1. The number of amides is 2. The summed E-state index contributed by atoms with van der Waals surface area (Å²) >= 11 is 0. The molecule has 2 aromatic heterocycles. The van der Waals surface area contributed by atoms with Crippen LogP contribution in [0.5, 0.6) is 0 Å². The van der Waals surface area contributed by atoms with Gasteiger partial charge in [0.2, 0.25) is 0 Å². The lowest BCUT2D eigenvalue weighted by Gasteiger charge is -2.12. The Balaban J connectivity index is 1.67. The number of aromatic nitrogens is 3. The normalized spacial score (nSPS) is 13.5. The molecular formula is C15H8N4O4. The maximum atomic E-state index is 12.3. The van der Waals surface area contributed by atoms with Gasteiger partial charge in [0.15, 0.2) is 5.65 Å². The first-order valence-corrected chi connectivity index (χ1v) is 6.65. The molecule has 0 fully saturated rings. The number of nitrogens with one attached hydrogen (secondary N) is 1. The molecule has 23 heavy (non-hydrogen) atoms. The summed E-state index contributed by atoms with van der Waals surface area (Å²) in [4.78, 5) is 45.7. The van der Waals surface area contributed by atoms with E-state index < -0.39 is 17.8 Å². The molecule has 8 heteroatoms. The molecule has 3 heterocycles. The minimum Gasteiger partial charge on any atom is -0.324 e. The molecule has 2 amide bonds. The molecule has 1 aromatic carbocycles. The van der Waals surface area contributed by atoms with E-state index in [-0.39, 0.29) is 16.7 Å². The van der Waals surface area contributed by atoms with E-state index in [1.165, 1.54) is 30.6 Å². The van der Waals surface area contributed by atoms with Crippen LogP contribution >= 0.6 is 0 Å². The summed E-state index contributed by atoms with van der Waals surface area (Å²) in [7, 11) is 0. The average molecular weight is 308 g/mol. The van der Waals surface area contributed by atoms with Gasteiger partial charge in [-0.3, -0.25) is 14.7 Å². The number of aromatic amines is 1. The van der Waals surface area contributed by atoms with Gasteiger partial charge in [0.25, 0.3) is 11.8 Å². The number of hydrogen-bond acceptors (Lipinski definition) is 6. The van der Waals surface area contributed by atoms with Crippen molar-refractivity contribution in [1.82, 2.24) is 20.2 Å². The highest BCUT2D eigenvalue weighted by Gasteiger charge is 2.39. The Morgan fingerprint density at radius 3 is 2.48 bits per heavy atom. The number of hydroxylamine groups is 2. The average Bonchev–Trinajstić information content (AvgIpc) is 3.14. The largest absolute Gasteiger partial charge is 0.364 e. The van der Waals surface area contributed by atoms with Crippen molar-refractivity contribution in [2.75, 3.05) is 0 Å². The van der Waals surface area contributed by atoms with Gasteiger partial charge >= 0.3 is 5.97 Å². The van der Waals surface area contributed by atoms with Gasteiger partial charge < -0.3 is 4.84 Å². The van der Waals surface area contributed by atoms with Crippen LogP contribution in [0.3, 0.4) is 0 Å². The minimum absolute atomic E-state index is 0.153. The molecule has 112 valence electrons. The third kappa shape index (κ3) is 1.89. The van der Waals surface area contributed by atoms with Crippen molar-refractivity contribution < 1.29 is 19.2 Å². The van der Waals surface area contributed by atoms with Crippen molar-refractivity contribution in [3.8, 4) is 0 Å². The van der Waals surface area contributed by atoms with Gasteiger partial charge in [0.1, 0.15) is 0 Å². The van der Waals surface area contributed by atoms with Crippen LogP contribution in [-0.2, 0) is 4.84 Å². The standard InChI is InChI=1S/C15H8N4O4/c20-13-8-3-1-2-4-9(8)14(21)19(13)23-15(22)10-5-6-16-12-11(10)7-17-18-12/h1-7H,(H,16,17,18). The molecule has 0 aliphatic carbocycles. The summed E-state index contributed by atoms with van der Waals surface area (Å²) in [6.07, 6.45) is 2.82. The van der Waals surface area contributed by atoms with E-state index in [1.54, 1.807) is 12.1 Å². The highest BCUT2D eigenvalue weighted by molar-refractivity contribution is 6.21. The Labute approximate surface area is 128 Å². The number of rotatable bonds is 2. The fourth-order valence-corrected chi connectivity index (χ4v) is 2.41. The van der Waals surface area contributed by atoms with E-state index in [9.17, 15) is 14.4 Å². The number of carbonyl (C=O) groups excluding carboxylic acids is 3. The highest BCUT2D eigenvalue weighted by atomic mass is 16.7. The van der Waals surface area contributed by atoms with Crippen LogP contribution in [0.25, 0.3) is 11.0 Å². The van der Waals surface area contributed by atoms with E-state index in [2.05, 4.69) is 15.2 Å². The number of imide groups is 1. The zero-order valence-corrected chi connectivity index (χ0v) is 11.5. The van der Waals surface area contributed by atoms with Crippen molar-refractivity contribution >= 4 is 28.8 Å². The highest BCUT2D eigenvalue weighted by Crippen LogP contribution is 2.24. The molecule has 0 bridgehead atoms. The van der Waals surface area contributed by atoms with Crippen molar-refractivity contribution in [3.63, 3.8) is 0 Å². The van der Waals surface area contributed by atoms with Crippen LogP contribution in [-0.4, -0.2) is 38.0 Å². The number of carbonyl (C=O) groups is 3. The number of fused-ring (bicyclic) bond motifs is 2. The Hall–Kier alpha value is -3.55. The molecule has 1 aliphatic rings. The van der Waals surface area contributed by atoms with Crippen LogP contribution in [0.15, 0.2) is 42.7 Å². The van der Waals surface area contributed by atoms with Crippen molar-refractivity contribution in [1.29, 1.82) is 0 Å². The van der Waals surface area contributed by atoms with Gasteiger partial charge in [-0.05, 0) is 18.2 Å². The number of pyridine rings is 1. The Bertz CT molecular complexity index is 943. The summed E-state index contributed by atoms with van der Waals surface area (Å²) in [6, 6.07) is 7.70. The first-order valence-electron chi connectivity index (χ1n) is 6.65. The van der Waals surface area contributed by atoms with Crippen molar-refractivity contribution in [2.45, 2.75) is 0 Å². The molecule has 0 unspecified atom stereocenters. The lowest BCUT2D eigenvalue weighted by Crippen LogP contribution is -2.32. The monoisotopic (exact) mass is 308 g/mol. The smallest absolute Gasteiger partial charge is 0.324 e. The van der Waals surface area contributed by atoms with Gasteiger partial charge in [-0.15, -0.1) is 0 Å². The maximum Gasteiger partial charge on any atom is 0.364 e. The molecule has 4 rings (SSSR count). The van der Waals surface area contributed by atoms with Crippen LogP contribution in [0.1, 0.15) is 31.1 Å². The fourth-order valence-electron chi connectivity index (χ4n) is 2.41. The number of benzene rings is 1. The van der Waals surface area contributed by atoms with Gasteiger partial charge in [0, 0.05) is 6.20 Å². The summed E-state index contributed by atoms with van der Waals surface area (Å²) in [5.41, 5.74) is 0.962. The van der Waals surface area contributed by atoms with Crippen LogP contribution in [0.4, 0.5) is 0 Å². The van der Waals surface area contributed by atoms with E-state index in [0.29, 0.717) is 16.1 Å². The lowest BCUT2D eigenvalue weighted by molar-refractivity contribution is -0.0583. The second-order valence-electron chi connectivity index (χ2n) is 4.82. The molecule has 8 nitrogen and oxygen atoms in total. The molecule has 3 aromatic rings. The predicted molar refractivity (Wildman–Crippen MR) is 76.2 cm³/mol. The summed E-state index contributed by atoms with van der Waals surface area (Å²) < 4.78 is 0. The molecule has 0 saturated carbocycles. The third-order valence-electron chi connectivity index (χ3n) is 3.51. The first-order chi connectivity index (χ1) is 11.2. The van der Waals surface area contributed by atoms with Crippen molar-refractivity contribution in [2.24, 2.45) is 0 Å². The second-order valence-corrected chi connectivity index (χ2v) is 4.82. The molecule has 0 radical (unpaired) electrons. The topological polar surface area (TPSA) is 105 Å². The van der Waals surface area contributed by atoms with Gasteiger partial charge in [0.05, 0.1) is 28.3 Å². The van der Waals surface area contributed by atoms with E-state index in [1.807, 2.05) is 0 Å². The van der Waals surface area contributed by atoms with E-state index in [4.69, 9.17) is 4.84 Å². The van der Waals surface area contributed by atoms with Crippen LogP contribution in [0, 0.1) is 0 Å². The summed E-state index contributed by atoms with van der Waals surface area (Å²) in [5.74, 6) is -2.18. The molecule has 1 aliphatic heterocycles. The first kappa shape index (κ1) is 13.1. The summed E-state index contributed by atoms with van der Waals surface area (Å²) in [5, 5.41) is 7.33. The molecule has 0 spiro atoms. The molecule has 0 saturated heterocycles. The number of nitrogens with zero attached hydrogens (tertiary/aromatic N) is 3. The third-order valence-corrected chi connectivity index (χ3v) is 3.51. The Morgan fingerprint density at radius 2 is 1.78 bits per heavy atom. The Morgan fingerprint density at radius 1 is 1.09 bits per heavy atom. The van der Waals surface area contributed by atoms with Gasteiger partial charge in [-0.25, -0.2) is 9.78 Å². The van der Waals surface area contributed by atoms with Gasteiger partial charge in [-0.1, -0.05) is 17.2 Å². The van der Waals surface area contributed by atoms with Gasteiger partial charge in [-0.2, -0.15) is 5.10 Å². The zero-order chi connectivity index (χ0) is 16.0. The molecular weight excluding hydrogens is 300 g/mol. The Kier molecular flexibility index (Phi) is 2.70. The van der Waals surface area contributed by atoms with Crippen LogP contribution in [0.2, 0.25) is 0 Å². The minimum atomic E-state index is -0.840. The second kappa shape index (κ2) is 4.73. The number of hydrogen-bond donors (Lipinski definition) is 1. The lowest BCUT2D eigenvalue weighted by atomic mass is 10.1.